The van der Waals surface area contributed by atoms with Crippen molar-refractivity contribution in [2.24, 2.45) is 5.41 Å². The lowest BCUT2D eigenvalue weighted by Gasteiger charge is -2.26. The third kappa shape index (κ3) is 4.25. The Labute approximate surface area is 118 Å². The van der Waals surface area contributed by atoms with Crippen molar-refractivity contribution in [2.45, 2.75) is 30.6 Å². The number of carbonyl (C=O) groups is 1. The zero-order chi connectivity index (χ0) is 13.6. The average Bonchev–Trinajstić information content (AvgIpc) is 2.93. The Kier molecular flexibility index (Phi) is 5.28. The van der Waals surface area contributed by atoms with Crippen molar-refractivity contribution in [1.29, 1.82) is 0 Å². The van der Waals surface area contributed by atoms with E-state index in [0.29, 0.717) is 12.3 Å². The first kappa shape index (κ1) is 14.4. The molecule has 0 saturated heterocycles. The average molecular weight is 279 g/mol. The monoisotopic (exact) mass is 279 g/mol. The summed E-state index contributed by atoms with van der Waals surface area (Å²) < 4.78 is 0. The highest BCUT2D eigenvalue weighted by molar-refractivity contribution is 8.00. The Hall–Kier alpha value is -1.00. The fraction of sp³-hybridized carbons (Fsp3) is 0.533. The standard InChI is InChI=1S/C15H21NO2S/c17-12-15(8-4-5-9-15)11-16-14(18)10-19-13-6-2-1-3-7-13/h1-3,6-7,17H,4-5,8-12H2,(H,16,18). The summed E-state index contributed by atoms with van der Waals surface area (Å²) in [5, 5.41) is 12.4. The number of amides is 1. The SMILES string of the molecule is O=C(CSc1ccccc1)NCC1(CO)CCCC1. The number of nitrogens with one attached hydrogen (secondary N) is 1. The van der Waals surface area contributed by atoms with Gasteiger partial charge in [0.25, 0.3) is 0 Å². The number of rotatable bonds is 6. The summed E-state index contributed by atoms with van der Waals surface area (Å²) >= 11 is 1.54. The normalized spacial score (nSPS) is 17.3. The van der Waals surface area contributed by atoms with Crippen LogP contribution in [0.15, 0.2) is 35.2 Å². The van der Waals surface area contributed by atoms with Crippen LogP contribution in [0.3, 0.4) is 0 Å². The van der Waals surface area contributed by atoms with E-state index in [0.717, 1.165) is 30.6 Å². The molecule has 0 atom stereocenters. The number of benzene rings is 1. The van der Waals surface area contributed by atoms with E-state index in [9.17, 15) is 9.90 Å². The van der Waals surface area contributed by atoms with Crippen LogP contribution >= 0.6 is 11.8 Å². The second-order valence-corrected chi connectivity index (χ2v) is 6.29. The summed E-state index contributed by atoms with van der Waals surface area (Å²) in [6.45, 7) is 0.788. The van der Waals surface area contributed by atoms with E-state index >= 15 is 0 Å². The molecule has 1 amide bonds. The van der Waals surface area contributed by atoms with Crippen molar-refractivity contribution in [3.05, 3.63) is 30.3 Å². The van der Waals surface area contributed by atoms with Crippen molar-refractivity contribution in [1.82, 2.24) is 5.32 Å². The highest BCUT2D eigenvalue weighted by Gasteiger charge is 2.33. The Morgan fingerprint density at radius 1 is 1.26 bits per heavy atom. The zero-order valence-electron chi connectivity index (χ0n) is 11.1. The van der Waals surface area contributed by atoms with Crippen LogP contribution in [-0.2, 0) is 4.79 Å². The van der Waals surface area contributed by atoms with Crippen molar-refractivity contribution in [2.75, 3.05) is 18.9 Å². The Balaban J connectivity index is 1.72. The predicted molar refractivity (Wildman–Crippen MR) is 78.2 cm³/mol. The van der Waals surface area contributed by atoms with Gasteiger partial charge in [-0.1, -0.05) is 31.0 Å². The Morgan fingerprint density at radius 2 is 1.95 bits per heavy atom. The van der Waals surface area contributed by atoms with Gasteiger partial charge in [-0.15, -0.1) is 11.8 Å². The minimum absolute atomic E-state index is 0.0496. The van der Waals surface area contributed by atoms with E-state index in [1.165, 1.54) is 0 Å². The largest absolute Gasteiger partial charge is 0.396 e. The maximum absolute atomic E-state index is 11.8. The lowest BCUT2D eigenvalue weighted by molar-refractivity contribution is -0.119. The zero-order valence-corrected chi connectivity index (χ0v) is 11.9. The van der Waals surface area contributed by atoms with Crippen LogP contribution in [0.4, 0.5) is 0 Å². The molecule has 0 aliphatic heterocycles. The van der Waals surface area contributed by atoms with E-state index in [4.69, 9.17) is 0 Å². The van der Waals surface area contributed by atoms with Crippen LogP contribution in [0.2, 0.25) is 0 Å². The Morgan fingerprint density at radius 3 is 2.58 bits per heavy atom. The fourth-order valence-corrected chi connectivity index (χ4v) is 3.27. The van der Waals surface area contributed by atoms with Gasteiger partial charge in [0.05, 0.1) is 12.4 Å². The van der Waals surface area contributed by atoms with Crippen molar-refractivity contribution in [3.8, 4) is 0 Å². The summed E-state index contributed by atoms with van der Waals surface area (Å²) in [6, 6.07) is 9.92. The lowest BCUT2D eigenvalue weighted by atomic mass is 9.87. The van der Waals surface area contributed by atoms with Gasteiger partial charge >= 0.3 is 0 Å². The molecule has 2 rings (SSSR count). The fourth-order valence-electron chi connectivity index (χ4n) is 2.52. The van der Waals surface area contributed by atoms with Gasteiger partial charge in [0.1, 0.15) is 0 Å². The quantitative estimate of drug-likeness (QED) is 0.786. The molecule has 0 radical (unpaired) electrons. The predicted octanol–water partition coefficient (Wildman–Crippen LogP) is 2.45. The molecule has 3 nitrogen and oxygen atoms in total. The molecule has 2 N–H and O–H groups in total. The van der Waals surface area contributed by atoms with E-state index < -0.39 is 0 Å². The van der Waals surface area contributed by atoms with Gasteiger partial charge in [0, 0.05) is 16.9 Å². The molecule has 0 bridgehead atoms. The molecule has 0 aromatic heterocycles. The minimum atomic E-state index is -0.0624. The maximum Gasteiger partial charge on any atom is 0.230 e. The van der Waals surface area contributed by atoms with Crippen molar-refractivity contribution in [3.63, 3.8) is 0 Å². The summed E-state index contributed by atoms with van der Waals surface area (Å²) in [5.74, 6) is 0.486. The van der Waals surface area contributed by atoms with Crippen LogP contribution in [0.25, 0.3) is 0 Å². The van der Waals surface area contributed by atoms with Crippen molar-refractivity contribution < 1.29 is 9.90 Å². The molecule has 1 aromatic carbocycles. The topological polar surface area (TPSA) is 49.3 Å². The van der Waals surface area contributed by atoms with Crippen LogP contribution in [0, 0.1) is 5.41 Å². The number of thioether (sulfide) groups is 1. The summed E-state index contributed by atoms with van der Waals surface area (Å²) in [5.41, 5.74) is -0.0624. The van der Waals surface area contributed by atoms with Crippen LogP contribution in [0.1, 0.15) is 25.7 Å². The second kappa shape index (κ2) is 6.96. The molecule has 1 fully saturated rings. The molecule has 0 spiro atoms. The molecular formula is C15H21NO2S. The maximum atomic E-state index is 11.8. The molecule has 19 heavy (non-hydrogen) atoms. The number of aliphatic hydroxyl groups excluding tert-OH is 1. The van der Waals surface area contributed by atoms with E-state index in [-0.39, 0.29) is 17.9 Å². The van der Waals surface area contributed by atoms with Gasteiger partial charge in [-0.2, -0.15) is 0 Å². The summed E-state index contributed by atoms with van der Waals surface area (Å²) in [7, 11) is 0. The Bertz CT molecular complexity index is 402. The van der Waals surface area contributed by atoms with Gasteiger partial charge < -0.3 is 10.4 Å². The minimum Gasteiger partial charge on any atom is -0.396 e. The lowest BCUT2D eigenvalue weighted by Crippen LogP contribution is -2.39. The molecule has 0 heterocycles. The molecule has 104 valence electrons. The van der Waals surface area contributed by atoms with Crippen LogP contribution in [-0.4, -0.2) is 29.9 Å². The van der Waals surface area contributed by atoms with Gasteiger partial charge in [-0.05, 0) is 25.0 Å². The summed E-state index contributed by atoms with van der Waals surface area (Å²) in [4.78, 5) is 12.9. The van der Waals surface area contributed by atoms with Crippen LogP contribution < -0.4 is 5.32 Å². The molecule has 1 saturated carbocycles. The van der Waals surface area contributed by atoms with Crippen LogP contribution in [0.5, 0.6) is 0 Å². The highest BCUT2D eigenvalue weighted by atomic mass is 32.2. The third-order valence-corrected chi connectivity index (χ3v) is 4.79. The number of carbonyl (C=O) groups excluding carboxylic acids is 1. The van der Waals surface area contributed by atoms with E-state index in [1.54, 1.807) is 11.8 Å². The molecule has 0 unspecified atom stereocenters. The molecule has 1 aliphatic carbocycles. The molecule has 1 aromatic rings. The first-order valence-corrected chi connectivity index (χ1v) is 7.78. The smallest absolute Gasteiger partial charge is 0.230 e. The number of aliphatic hydroxyl groups is 1. The van der Waals surface area contributed by atoms with E-state index in [1.807, 2.05) is 30.3 Å². The van der Waals surface area contributed by atoms with Crippen molar-refractivity contribution >= 4 is 17.7 Å². The molecule has 4 heteroatoms. The van der Waals surface area contributed by atoms with Gasteiger partial charge in [0.15, 0.2) is 0 Å². The van der Waals surface area contributed by atoms with E-state index in [2.05, 4.69) is 5.32 Å². The first-order valence-electron chi connectivity index (χ1n) is 6.80. The first-order chi connectivity index (χ1) is 9.24. The summed E-state index contributed by atoms with van der Waals surface area (Å²) in [6.07, 6.45) is 4.37. The number of hydrogen-bond acceptors (Lipinski definition) is 3. The molecule has 1 aliphatic rings. The van der Waals surface area contributed by atoms with Gasteiger partial charge in [0.2, 0.25) is 5.91 Å². The highest BCUT2D eigenvalue weighted by Crippen LogP contribution is 2.36. The number of hydrogen-bond donors (Lipinski definition) is 2. The third-order valence-electron chi connectivity index (χ3n) is 3.77. The second-order valence-electron chi connectivity index (χ2n) is 5.24. The van der Waals surface area contributed by atoms with Gasteiger partial charge in [-0.3, -0.25) is 4.79 Å². The van der Waals surface area contributed by atoms with Gasteiger partial charge in [-0.25, -0.2) is 0 Å². The molecular weight excluding hydrogens is 258 g/mol.